The van der Waals surface area contributed by atoms with Crippen LogP contribution in [0.2, 0.25) is 0 Å². The van der Waals surface area contributed by atoms with E-state index < -0.39 is 11.9 Å². The summed E-state index contributed by atoms with van der Waals surface area (Å²) >= 11 is 2.18. The standard InChI is InChI=1S/C19H20F3N5OS2/c1-11-13(12(2)27(4)25-11)9-26(3)17(28)10-30-18-23-14(15-6-5-7-29-15)8-16(24-18)19(20,21)22/h5-8H,9-10H2,1-4H3. The van der Waals surface area contributed by atoms with Crippen molar-refractivity contribution in [2.24, 2.45) is 7.05 Å². The molecule has 0 aromatic carbocycles. The summed E-state index contributed by atoms with van der Waals surface area (Å²) in [6.45, 7) is 4.16. The predicted octanol–water partition coefficient (Wildman–Crippen LogP) is 4.32. The molecule has 3 aromatic rings. The molecule has 0 N–H and O–H groups in total. The molecule has 0 aliphatic rings. The number of rotatable bonds is 6. The molecule has 0 aliphatic heterocycles. The van der Waals surface area contributed by atoms with Crippen LogP contribution in [-0.4, -0.2) is 43.4 Å². The number of aryl methyl sites for hydroxylation is 2. The van der Waals surface area contributed by atoms with Crippen LogP contribution in [0, 0.1) is 13.8 Å². The molecule has 0 atom stereocenters. The summed E-state index contributed by atoms with van der Waals surface area (Å²) in [4.78, 5) is 22.5. The van der Waals surface area contributed by atoms with Crippen LogP contribution in [-0.2, 0) is 24.6 Å². The Morgan fingerprint density at radius 3 is 2.60 bits per heavy atom. The van der Waals surface area contributed by atoms with Gasteiger partial charge in [-0.15, -0.1) is 11.3 Å². The highest BCUT2D eigenvalue weighted by Crippen LogP contribution is 2.33. The fourth-order valence-corrected chi connectivity index (χ4v) is 4.28. The summed E-state index contributed by atoms with van der Waals surface area (Å²) in [5.74, 6) is -0.304. The third kappa shape index (κ3) is 5.01. The maximum absolute atomic E-state index is 13.3. The second-order valence-corrected chi connectivity index (χ2v) is 8.60. The number of hydrogen-bond donors (Lipinski definition) is 0. The average molecular weight is 456 g/mol. The number of aromatic nitrogens is 4. The monoisotopic (exact) mass is 455 g/mol. The van der Waals surface area contributed by atoms with Gasteiger partial charge in [-0.1, -0.05) is 17.8 Å². The van der Waals surface area contributed by atoms with Crippen LogP contribution in [0.3, 0.4) is 0 Å². The number of alkyl halides is 3. The van der Waals surface area contributed by atoms with E-state index in [2.05, 4.69) is 15.1 Å². The van der Waals surface area contributed by atoms with Gasteiger partial charge >= 0.3 is 6.18 Å². The molecule has 0 aliphatic carbocycles. The number of thioether (sulfide) groups is 1. The Kier molecular flexibility index (Phi) is 6.51. The Labute approximate surface area is 180 Å². The topological polar surface area (TPSA) is 63.9 Å². The Hall–Kier alpha value is -2.40. The minimum atomic E-state index is -4.60. The molecule has 0 spiro atoms. The number of halogens is 3. The van der Waals surface area contributed by atoms with E-state index in [1.54, 1.807) is 29.2 Å². The number of hydrogen-bond acceptors (Lipinski definition) is 6. The van der Waals surface area contributed by atoms with Crippen LogP contribution in [0.4, 0.5) is 13.2 Å². The van der Waals surface area contributed by atoms with E-state index in [0.717, 1.165) is 34.8 Å². The maximum atomic E-state index is 13.3. The fourth-order valence-electron chi connectivity index (χ4n) is 2.79. The van der Waals surface area contributed by atoms with Crippen LogP contribution in [0.5, 0.6) is 0 Å². The van der Waals surface area contributed by atoms with Gasteiger partial charge in [0.05, 0.1) is 22.0 Å². The maximum Gasteiger partial charge on any atom is 0.433 e. The van der Waals surface area contributed by atoms with Crippen molar-refractivity contribution in [1.29, 1.82) is 0 Å². The van der Waals surface area contributed by atoms with Gasteiger partial charge in [-0.2, -0.15) is 18.3 Å². The Morgan fingerprint density at radius 1 is 1.30 bits per heavy atom. The Morgan fingerprint density at radius 2 is 2.03 bits per heavy atom. The van der Waals surface area contributed by atoms with Crippen LogP contribution in [0.25, 0.3) is 10.6 Å². The van der Waals surface area contributed by atoms with Crippen LogP contribution in [0.15, 0.2) is 28.7 Å². The largest absolute Gasteiger partial charge is 0.433 e. The lowest BCUT2D eigenvalue weighted by atomic mass is 10.2. The van der Waals surface area contributed by atoms with E-state index in [1.165, 1.54) is 16.2 Å². The molecule has 160 valence electrons. The van der Waals surface area contributed by atoms with Crippen LogP contribution < -0.4 is 0 Å². The predicted molar refractivity (Wildman–Crippen MR) is 110 cm³/mol. The van der Waals surface area contributed by atoms with Gasteiger partial charge in [-0.3, -0.25) is 9.48 Å². The minimum Gasteiger partial charge on any atom is -0.341 e. The second kappa shape index (κ2) is 8.76. The molecule has 3 aromatic heterocycles. The second-order valence-electron chi connectivity index (χ2n) is 6.71. The van der Waals surface area contributed by atoms with E-state index in [-0.39, 0.29) is 22.5 Å². The van der Waals surface area contributed by atoms with Crippen LogP contribution >= 0.6 is 23.1 Å². The van der Waals surface area contributed by atoms with Gasteiger partial charge < -0.3 is 4.90 Å². The molecule has 0 unspecified atom stereocenters. The first kappa shape index (κ1) is 22.3. The van der Waals surface area contributed by atoms with Gasteiger partial charge in [0.25, 0.3) is 0 Å². The zero-order valence-electron chi connectivity index (χ0n) is 16.8. The third-order valence-corrected chi connectivity index (χ3v) is 6.30. The van der Waals surface area contributed by atoms with Gasteiger partial charge in [0.2, 0.25) is 5.91 Å². The molecule has 0 saturated heterocycles. The first-order valence-corrected chi connectivity index (χ1v) is 10.8. The van der Waals surface area contributed by atoms with E-state index in [0.29, 0.717) is 11.4 Å². The lowest BCUT2D eigenvalue weighted by molar-refractivity contribution is -0.141. The lowest BCUT2D eigenvalue weighted by Gasteiger charge is -2.17. The molecule has 0 saturated carbocycles. The highest BCUT2D eigenvalue weighted by atomic mass is 32.2. The highest BCUT2D eigenvalue weighted by molar-refractivity contribution is 7.99. The van der Waals surface area contributed by atoms with Gasteiger partial charge in [-0.05, 0) is 31.4 Å². The SMILES string of the molecule is Cc1nn(C)c(C)c1CN(C)C(=O)CSc1nc(-c2cccs2)cc(C(F)(F)F)n1. The first-order chi connectivity index (χ1) is 14.1. The van der Waals surface area contributed by atoms with Crippen molar-refractivity contribution in [3.8, 4) is 10.6 Å². The van der Waals surface area contributed by atoms with E-state index in [1.807, 2.05) is 20.9 Å². The molecule has 0 fully saturated rings. The number of nitrogens with zero attached hydrogens (tertiary/aromatic N) is 5. The average Bonchev–Trinajstić information content (AvgIpc) is 3.30. The molecule has 0 radical (unpaired) electrons. The molecular formula is C19H20F3N5OS2. The van der Waals surface area contributed by atoms with Crippen molar-refractivity contribution in [2.45, 2.75) is 31.7 Å². The lowest BCUT2D eigenvalue weighted by Crippen LogP contribution is -2.28. The first-order valence-electron chi connectivity index (χ1n) is 8.92. The third-order valence-electron chi connectivity index (χ3n) is 4.57. The summed E-state index contributed by atoms with van der Waals surface area (Å²) in [5.41, 5.74) is 1.92. The van der Waals surface area contributed by atoms with Crippen molar-refractivity contribution in [1.82, 2.24) is 24.6 Å². The Balaban J connectivity index is 1.74. The summed E-state index contributed by atoms with van der Waals surface area (Å²) < 4.78 is 41.5. The van der Waals surface area contributed by atoms with Crippen molar-refractivity contribution in [3.05, 3.63) is 46.2 Å². The highest BCUT2D eigenvalue weighted by Gasteiger charge is 2.34. The van der Waals surface area contributed by atoms with Gasteiger partial charge in [0.15, 0.2) is 5.16 Å². The normalized spacial score (nSPS) is 11.7. The molecule has 3 heterocycles. The zero-order valence-corrected chi connectivity index (χ0v) is 18.5. The van der Waals surface area contributed by atoms with Crippen LogP contribution in [0.1, 0.15) is 22.6 Å². The summed E-state index contributed by atoms with van der Waals surface area (Å²) in [6, 6.07) is 4.36. The molecule has 0 bridgehead atoms. The van der Waals surface area contributed by atoms with Gasteiger partial charge in [0, 0.05) is 31.9 Å². The van der Waals surface area contributed by atoms with Gasteiger partial charge in [-0.25, -0.2) is 9.97 Å². The minimum absolute atomic E-state index is 0.0694. The van der Waals surface area contributed by atoms with E-state index in [9.17, 15) is 18.0 Å². The number of thiophene rings is 1. The zero-order chi connectivity index (χ0) is 22.1. The van der Waals surface area contributed by atoms with Crippen molar-refractivity contribution < 1.29 is 18.0 Å². The molecule has 11 heteroatoms. The summed E-state index contributed by atoms with van der Waals surface area (Å²) in [7, 11) is 3.48. The smallest absolute Gasteiger partial charge is 0.341 e. The van der Waals surface area contributed by atoms with E-state index in [4.69, 9.17) is 0 Å². The number of carbonyl (C=O) groups excluding carboxylic acids is 1. The molecule has 30 heavy (non-hydrogen) atoms. The van der Waals surface area contributed by atoms with E-state index >= 15 is 0 Å². The van der Waals surface area contributed by atoms with Gasteiger partial charge in [0.1, 0.15) is 5.69 Å². The number of carbonyl (C=O) groups is 1. The number of amides is 1. The van der Waals surface area contributed by atoms with Crippen molar-refractivity contribution in [2.75, 3.05) is 12.8 Å². The summed E-state index contributed by atoms with van der Waals surface area (Å²) in [6.07, 6.45) is -4.60. The molecule has 3 rings (SSSR count). The van der Waals surface area contributed by atoms with Crippen molar-refractivity contribution in [3.63, 3.8) is 0 Å². The van der Waals surface area contributed by atoms with Crippen molar-refractivity contribution >= 4 is 29.0 Å². The molecule has 6 nitrogen and oxygen atoms in total. The Bertz CT molecular complexity index is 1050. The summed E-state index contributed by atoms with van der Waals surface area (Å²) in [5, 5.41) is 6.01. The fraction of sp³-hybridized carbons (Fsp3) is 0.368. The molecule has 1 amide bonds. The quantitative estimate of drug-likeness (QED) is 0.409. The molecular weight excluding hydrogens is 435 g/mol.